The molecule has 0 bridgehead atoms. The largest absolute Gasteiger partial charge is 0.497 e. The lowest BCUT2D eigenvalue weighted by atomic mass is 10.1. The van der Waals surface area contributed by atoms with Crippen molar-refractivity contribution in [3.8, 4) is 5.75 Å². The number of rotatable bonds is 7. The predicted molar refractivity (Wildman–Crippen MR) is 108 cm³/mol. The van der Waals surface area contributed by atoms with Gasteiger partial charge >= 0.3 is 0 Å². The maximum atomic E-state index is 12.2. The van der Waals surface area contributed by atoms with Gasteiger partial charge in [-0.15, -0.1) is 23.1 Å². The molecule has 1 aliphatic rings. The molecule has 2 heterocycles. The van der Waals surface area contributed by atoms with Crippen molar-refractivity contribution in [1.29, 1.82) is 0 Å². The Kier molecular flexibility index (Phi) is 6.70. The van der Waals surface area contributed by atoms with Crippen LogP contribution < -0.4 is 20.7 Å². The maximum Gasteiger partial charge on any atom is 0.227 e. The van der Waals surface area contributed by atoms with Crippen LogP contribution >= 0.6 is 23.1 Å². The van der Waals surface area contributed by atoms with E-state index in [1.165, 1.54) is 11.3 Å². The molecule has 1 aromatic carbocycles. The standard InChI is InChI=1S/C18H22N4O3S2/c1-11-9-26-17(19-11)21-15(23)7-13-8-16(24)22-18(20-13)27-10-12-4-3-5-14(6-12)25-2/h3-6,9,13,18,20H,7-8,10H2,1-2H3,(H,22,24)(H,19,21,23). The number of hydrogen-bond acceptors (Lipinski definition) is 7. The Balaban J connectivity index is 1.50. The number of methoxy groups -OCH3 is 1. The van der Waals surface area contributed by atoms with E-state index in [9.17, 15) is 9.59 Å². The second kappa shape index (κ2) is 9.20. The summed E-state index contributed by atoms with van der Waals surface area (Å²) in [6.07, 6.45) is 0.503. The average molecular weight is 407 g/mol. The number of amides is 2. The first kappa shape index (κ1) is 19.7. The summed E-state index contributed by atoms with van der Waals surface area (Å²) < 4.78 is 5.23. The van der Waals surface area contributed by atoms with Crippen molar-refractivity contribution in [3.05, 3.63) is 40.9 Å². The van der Waals surface area contributed by atoms with E-state index < -0.39 is 0 Å². The van der Waals surface area contributed by atoms with E-state index in [0.717, 1.165) is 17.0 Å². The van der Waals surface area contributed by atoms with Gasteiger partial charge in [0.25, 0.3) is 0 Å². The molecule has 0 aliphatic carbocycles. The SMILES string of the molecule is COc1cccc(CSC2NC(=O)CC(CC(=O)Nc3nc(C)cs3)N2)c1. The molecule has 7 nitrogen and oxygen atoms in total. The van der Waals surface area contributed by atoms with E-state index in [2.05, 4.69) is 20.9 Å². The molecule has 144 valence electrons. The van der Waals surface area contributed by atoms with Gasteiger partial charge in [0, 0.05) is 30.0 Å². The lowest BCUT2D eigenvalue weighted by Gasteiger charge is -2.30. The number of hydrogen-bond donors (Lipinski definition) is 3. The van der Waals surface area contributed by atoms with Crippen LogP contribution in [0.5, 0.6) is 5.75 Å². The second-order valence-corrected chi connectivity index (χ2v) is 8.18. The van der Waals surface area contributed by atoms with Crippen molar-refractivity contribution >= 4 is 40.0 Å². The first-order valence-electron chi connectivity index (χ1n) is 8.54. The van der Waals surface area contributed by atoms with Gasteiger partial charge in [0.05, 0.1) is 12.8 Å². The summed E-state index contributed by atoms with van der Waals surface area (Å²) in [5, 5.41) is 11.5. The van der Waals surface area contributed by atoms with Gasteiger partial charge in [0.1, 0.15) is 11.2 Å². The summed E-state index contributed by atoms with van der Waals surface area (Å²) in [5.74, 6) is 1.32. The lowest BCUT2D eigenvalue weighted by molar-refractivity contribution is -0.124. The quantitative estimate of drug-likeness (QED) is 0.654. The number of aryl methyl sites for hydroxylation is 1. The molecule has 2 aromatic rings. The Bertz CT molecular complexity index is 811. The Hall–Kier alpha value is -2.10. The fourth-order valence-corrected chi connectivity index (χ4v) is 4.46. The summed E-state index contributed by atoms with van der Waals surface area (Å²) in [6, 6.07) is 7.62. The van der Waals surface area contributed by atoms with Crippen molar-refractivity contribution in [1.82, 2.24) is 15.6 Å². The molecule has 1 saturated heterocycles. The number of ether oxygens (including phenoxy) is 1. The highest BCUT2D eigenvalue weighted by atomic mass is 32.2. The van der Waals surface area contributed by atoms with Gasteiger partial charge in [-0.25, -0.2) is 4.98 Å². The van der Waals surface area contributed by atoms with Gasteiger partial charge < -0.3 is 15.4 Å². The number of carbonyl (C=O) groups is 2. The zero-order chi connectivity index (χ0) is 19.2. The summed E-state index contributed by atoms with van der Waals surface area (Å²) in [7, 11) is 1.64. The van der Waals surface area contributed by atoms with Crippen LogP contribution in [0.4, 0.5) is 5.13 Å². The van der Waals surface area contributed by atoms with Gasteiger partial charge in [-0.3, -0.25) is 14.9 Å². The van der Waals surface area contributed by atoms with Crippen LogP contribution in [0.25, 0.3) is 0 Å². The van der Waals surface area contributed by atoms with Gasteiger partial charge in [0.2, 0.25) is 11.8 Å². The summed E-state index contributed by atoms with van der Waals surface area (Å²) >= 11 is 2.96. The zero-order valence-electron chi connectivity index (χ0n) is 15.2. The Morgan fingerprint density at radius 1 is 1.48 bits per heavy atom. The molecule has 1 fully saturated rings. The summed E-state index contributed by atoms with van der Waals surface area (Å²) in [5.41, 5.74) is 1.74. The number of benzene rings is 1. The average Bonchev–Trinajstić information content (AvgIpc) is 3.04. The third-order valence-electron chi connectivity index (χ3n) is 3.96. The minimum atomic E-state index is -0.239. The minimum absolute atomic E-state index is 0.0558. The zero-order valence-corrected chi connectivity index (χ0v) is 16.8. The van der Waals surface area contributed by atoms with Crippen molar-refractivity contribution in [2.75, 3.05) is 12.4 Å². The predicted octanol–water partition coefficient (Wildman–Crippen LogP) is 2.48. The third-order valence-corrected chi connectivity index (χ3v) is 5.92. The van der Waals surface area contributed by atoms with E-state index in [-0.39, 0.29) is 36.2 Å². The number of nitrogens with one attached hydrogen (secondary N) is 3. The van der Waals surface area contributed by atoms with Crippen molar-refractivity contribution in [2.45, 2.75) is 37.1 Å². The second-order valence-electron chi connectivity index (χ2n) is 6.22. The first-order chi connectivity index (χ1) is 13.0. The van der Waals surface area contributed by atoms with Crippen LogP contribution in [0, 0.1) is 6.92 Å². The fraction of sp³-hybridized carbons (Fsp3) is 0.389. The van der Waals surface area contributed by atoms with Crippen molar-refractivity contribution < 1.29 is 14.3 Å². The molecule has 0 spiro atoms. The Morgan fingerprint density at radius 2 is 2.33 bits per heavy atom. The highest BCUT2D eigenvalue weighted by Crippen LogP contribution is 2.22. The molecule has 3 rings (SSSR count). The summed E-state index contributed by atoms with van der Waals surface area (Å²) in [6.45, 7) is 1.88. The van der Waals surface area contributed by atoms with E-state index in [1.807, 2.05) is 36.6 Å². The van der Waals surface area contributed by atoms with Crippen LogP contribution in [0.3, 0.4) is 0 Å². The Morgan fingerprint density at radius 3 is 3.07 bits per heavy atom. The van der Waals surface area contributed by atoms with E-state index in [4.69, 9.17) is 4.74 Å². The molecule has 2 amide bonds. The minimum Gasteiger partial charge on any atom is -0.497 e. The molecule has 27 heavy (non-hydrogen) atoms. The van der Waals surface area contributed by atoms with E-state index in [1.54, 1.807) is 18.9 Å². The van der Waals surface area contributed by atoms with Crippen LogP contribution in [0.15, 0.2) is 29.6 Å². The maximum absolute atomic E-state index is 12.2. The van der Waals surface area contributed by atoms with E-state index >= 15 is 0 Å². The Labute approximate surface area is 166 Å². The number of aromatic nitrogens is 1. The smallest absolute Gasteiger partial charge is 0.227 e. The van der Waals surface area contributed by atoms with Gasteiger partial charge in [-0.1, -0.05) is 12.1 Å². The van der Waals surface area contributed by atoms with Crippen molar-refractivity contribution in [2.24, 2.45) is 0 Å². The first-order valence-corrected chi connectivity index (χ1v) is 10.5. The number of thiazole rings is 1. The van der Waals surface area contributed by atoms with Crippen molar-refractivity contribution in [3.63, 3.8) is 0 Å². The van der Waals surface area contributed by atoms with Crippen LogP contribution in [-0.2, 0) is 15.3 Å². The van der Waals surface area contributed by atoms with Crippen LogP contribution in [0.1, 0.15) is 24.1 Å². The molecule has 1 aromatic heterocycles. The topological polar surface area (TPSA) is 92.3 Å². The highest BCUT2D eigenvalue weighted by molar-refractivity contribution is 7.99. The molecule has 3 N–H and O–H groups in total. The fourth-order valence-electron chi connectivity index (χ4n) is 2.71. The molecule has 2 unspecified atom stereocenters. The molecule has 0 saturated carbocycles. The molecule has 2 atom stereocenters. The number of thioether (sulfide) groups is 1. The molecule has 9 heteroatoms. The molecule has 0 radical (unpaired) electrons. The summed E-state index contributed by atoms with van der Waals surface area (Å²) in [4.78, 5) is 28.5. The van der Waals surface area contributed by atoms with Gasteiger partial charge in [0.15, 0.2) is 5.13 Å². The highest BCUT2D eigenvalue weighted by Gasteiger charge is 2.27. The monoisotopic (exact) mass is 406 g/mol. The van der Waals surface area contributed by atoms with Crippen LogP contribution in [-0.4, -0.2) is 35.4 Å². The molecular formula is C18H22N4O3S2. The van der Waals surface area contributed by atoms with E-state index in [0.29, 0.717) is 10.9 Å². The normalized spacial score (nSPS) is 19.4. The van der Waals surface area contributed by atoms with Gasteiger partial charge in [-0.2, -0.15) is 0 Å². The lowest BCUT2D eigenvalue weighted by Crippen LogP contribution is -2.55. The number of nitrogens with zero attached hydrogens (tertiary/aromatic N) is 1. The third kappa shape index (κ3) is 5.95. The molecular weight excluding hydrogens is 384 g/mol. The van der Waals surface area contributed by atoms with Crippen LogP contribution in [0.2, 0.25) is 0 Å². The number of anilines is 1. The van der Waals surface area contributed by atoms with Gasteiger partial charge in [-0.05, 0) is 24.6 Å². The number of carbonyl (C=O) groups excluding carboxylic acids is 2. The molecule has 1 aliphatic heterocycles.